The van der Waals surface area contributed by atoms with Crippen molar-refractivity contribution in [2.75, 3.05) is 13.6 Å². The van der Waals surface area contributed by atoms with Crippen LogP contribution in [0, 0.1) is 6.92 Å². The van der Waals surface area contributed by atoms with Gasteiger partial charge in [0.1, 0.15) is 11.5 Å². The summed E-state index contributed by atoms with van der Waals surface area (Å²) in [5, 5.41) is 7.03. The normalized spacial score (nSPS) is 11.8. The Balaban J connectivity index is 2.03. The van der Waals surface area contributed by atoms with Gasteiger partial charge < -0.3 is 9.64 Å². The summed E-state index contributed by atoms with van der Waals surface area (Å²) in [5.41, 5.74) is 1.67. The highest BCUT2D eigenvalue weighted by molar-refractivity contribution is 5.69. The van der Waals surface area contributed by atoms with Crippen LogP contribution in [0.2, 0.25) is 0 Å². The number of aromatic amines is 1. The van der Waals surface area contributed by atoms with Crippen LogP contribution in [0.5, 0.6) is 11.5 Å². The van der Waals surface area contributed by atoms with Gasteiger partial charge in [-0.1, -0.05) is 25.1 Å². The summed E-state index contributed by atoms with van der Waals surface area (Å²) in [6, 6.07) is 11.0. The zero-order chi connectivity index (χ0) is 21.0. The van der Waals surface area contributed by atoms with E-state index in [0.29, 0.717) is 29.1 Å². The van der Waals surface area contributed by atoms with Gasteiger partial charge in [0.15, 0.2) is 0 Å². The maximum absolute atomic E-state index is 13.8. The Bertz CT molecular complexity index is 952. The van der Waals surface area contributed by atoms with E-state index in [1.54, 1.807) is 43.5 Å². The Hall–Kier alpha value is -2.80. The molecule has 2 aromatic carbocycles. The lowest BCUT2D eigenvalue weighted by atomic mass is 9.98. The van der Waals surface area contributed by atoms with E-state index in [1.807, 2.05) is 7.05 Å². The number of rotatable bonds is 7. The number of alkyl halides is 3. The minimum absolute atomic E-state index is 0.217. The number of halogens is 3. The molecule has 0 spiro atoms. The number of nitrogens with one attached hydrogen (secondary N) is 1. The molecule has 0 fully saturated rings. The van der Waals surface area contributed by atoms with Gasteiger partial charge in [-0.15, -0.1) is 0 Å². The van der Waals surface area contributed by atoms with Crippen molar-refractivity contribution in [3.05, 3.63) is 65.4 Å². The second kappa shape index (κ2) is 8.69. The Kier molecular flexibility index (Phi) is 6.27. The summed E-state index contributed by atoms with van der Waals surface area (Å²) in [5.74, 6) is 0.136. The topological polar surface area (TPSA) is 41.2 Å². The van der Waals surface area contributed by atoms with Gasteiger partial charge >= 0.3 is 6.18 Å². The van der Waals surface area contributed by atoms with Crippen molar-refractivity contribution in [3.8, 4) is 22.8 Å². The number of para-hydroxylation sites is 1. The molecule has 154 valence electrons. The van der Waals surface area contributed by atoms with E-state index in [2.05, 4.69) is 22.0 Å². The molecule has 0 amide bonds. The molecule has 0 saturated heterocycles. The SMILES string of the molecule is CCCN(C)Cc1c[nH]nc1-c1cc(C(F)(F)F)c(Oc2ccccc2)cc1C. The minimum atomic E-state index is -4.55. The molecule has 7 heteroatoms. The Labute approximate surface area is 168 Å². The van der Waals surface area contributed by atoms with Gasteiger partial charge in [-0.2, -0.15) is 18.3 Å². The first-order valence-corrected chi connectivity index (χ1v) is 9.46. The number of H-pyrrole nitrogens is 1. The van der Waals surface area contributed by atoms with Gasteiger partial charge in [-0.3, -0.25) is 5.10 Å². The highest BCUT2D eigenvalue weighted by Gasteiger charge is 2.36. The number of aromatic nitrogens is 2. The van der Waals surface area contributed by atoms with Crippen LogP contribution in [0.3, 0.4) is 0 Å². The van der Waals surface area contributed by atoms with Crippen LogP contribution < -0.4 is 4.74 Å². The lowest BCUT2D eigenvalue weighted by Gasteiger charge is -2.18. The fourth-order valence-electron chi connectivity index (χ4n) is 3.28. The van der Waals surface area contributed by atoms with E-state index < -0.39 is 11.7 Å². The van der Waals surface area contributed by atoms with Crippen molar-refractivity contribution >= 4 is 0 Å². The smallest absolute Gasteiger partial charge is 0.420 e. The predicted octanol–water partition coefficient (Wildman–Crippen LogP) is 6.04. The summed E-state index contributed by atoms with van der Waals surface area (Å²) in [6.07, 6.45) is -1.82. The summed E-state index contributed by atoms with van der Waals surface area (Å²) < 4.78 is 47.0. The van der Waals surface area contributed by atoms with Crippen molar-refractivity contribution in [2.24, 2.45) is 0 Å². The van der Waals surface area contributed by atoms with Crippen LogP contribution in [0.4, 0.5) is 13.2 Å². The molecular formula is C22H24F3N3O. The standard InChI is InChI=1S/C22H24F3N3O/c1-4-10-28(3)14-16-13-26-27-21(16)18-12-19(22(23,24)25)20(11-15(18)2)29-17-8-6-5-7-9-17/h5-9,11-13H,4,10,14H2,1-3H3,(H,26,27). The van der Waals surface area contributed by atoms with E-state index in [4.69, 9.17) is 4.74 Å². The number of ether oxygens (including phenoxy) is 1. The number of hydrogen-bond donors (Lipinski definition) is 1. The summed E-state index contributed by atoms with van der Waals surface area (Å²) in [6.45, 7) is 5.34. The number of aryl methyl sites for hydroxylation is 1. The molecule has 3 aromatic rings. The van der Waals surface area contributed by atoms with E-state index in [1.165, 1.54) is 6.07 Å². The largest absolute Gasteiger partial charge is 0.457 e. The molecule has 0 radical (unpaired) electrons. The molecule has 4 nitrogen and oxygen atoms in total. The predicted molar refractivity (Wildman–Crippen MR) is 107 cm³/mol. The van der Waals surface area contributed by atoms with Crippen LogP contribution in [-0.4, -0.2) is 28.7 Å². The van der Waals surface area contributed by atoms with Gasteiger partial charge in [0, 0.05) is 23.9 Å². The average molecular weight is 403 g/mol. The third-order valence-corrected chi connectivity index (χ3v) is 4.62. The number of nitrogens with zero attached hydrogens (tertiary/aromatic N) is 2. The zero-order valence-electron chi connectivity index (χ0n) is 16.7. The van der Waals surface area contributed by atoms with Gasteiger partial charge in [-0.05, 0) is 56.8 Å². The molecule has 0 aliphatic heterocycles. The lowest BCUT2D eigenvalue weighted by molar-refractivity contribution is -0.138. The molecule has 0 atom stereocenters. The van der Waals surface area contributed by atoms with Gasteiger partial charge in [0.2, 0.25) is 0 Å². The van der Waals surface area contributed by atoms with Crippen molar-refractivity contribution < 1.29 is 17.9 Å². The molecule has 0 unspecified atom stereocenters. The molecule has 0 saturated carbocycles. The third kappa shape index (κ3) is 4.98. The van der Waals surface area contributed by atoms with E-state index in [-0.39, 0.29) is 5.75 Å². The first kappa shape index (κ1) is 20.9. The van der Waals surface area contributed by atoms with Crippen LogP contribution >= 0.6 is 0 Å². The maximum atomic E-state index is 13.8. The molecule has 0 aliphatic rings. The zero-order valence-corrected chi connectivity index (χ0v) is 16.7. The number of hydrogen-bond acceptors (Lipinski definition) is 3. The first-order chi connectivity index (χ1) is 13.8. The highest BCUT2D eigenvalue weighted by atomic mass is 19.4. The van der Waals surface area contributed by atoms with Crippen LogP contribution in [0.25, 0.3) is 11.3 Å². The quantitative estimate of drug-likeness (QED) is 0.523. The van der Waals surface area contributed by atoms with Crippen LogP contribution in [0.1, 0.15) is 30.0 Å². The average Bonchev–Trinajstić information content (AvgIpc) is 3.09. The summed E-state index contributed by atoms with van der Waals surface area (Å²) in [7, 11) is 1.98. The fraction of sp³-hybridized carbons (Fsp3) is 0.318. The van der Waals surface area contributed by atoms with Crippen molar-refractivity contribution in [1.29, 1.82) is 0 Å². The molecule has 0 aliphatic carbocycles. The van der Waals surface area contributed by atoms with Gasteiger partial charge in [-0.25, -0.2) is 0 Å². The lowest BCUT2D eigenvalue weighted by Crippen LogP contribution is -2.18. The van der Waals surface area contributed by atoms with E-state index in [0.717, 1.165) is 24.6 Å². The first-order valence-electron chi connectivity index (χ1n) is 9.46. The molecule has 0 bridgehead atoms. The van der Waals surface area contributed by atoms with Gasteiger partial charge in [0.25, 0.3) is 0 Å². The molecule has 1 heterocycles. The number of benzene rings is 2. The molecule has 3 rings (SSSR count). The minimum Gasteiger partial charge on any atom is -0.457 e. The third-order valence-electron chi connectivity index (χ3n) is 4.62. The van der Waals surface area contributed by atoms with Crippen molar-refractivity contribution in [2.45, 2.75) is 33.0 Å². The summed E-state index contributed by atoms with van der Waals surface area (Å²) >= 11 is 0. The maximum Gasteiger partial charge on any atom is 0.420 e. The highest BCUT2D eigenvalue weighted by Crippen LogP contribution is 2.42. The van der Waals surface area contributed by atoms with Crippen LogP contribution in [0.15, 0.2) is 48.7 Å². The van der Waals surface area contributed by atoms with Crippen molar-refractivity contribution in [3.63, 3.8) is 0 Å². The van der Waals surface area contributed by atoms with Crippen molar-refractivity contribution in [1.82, 2.24) is 15.1 Å². The molecule has 1 N–H and O–H groups in total. The molecular weight excluding hydrogens is 379 g/mol. The second-order valence-corrected chi connectivity index (χ2v) is 7.07. The Morgan fingerprint density at radius 2 is 1.86 bits per heavy atom. The Morgan fingerprint density at radius 1 is 1.14 bits per heavy atom. The second-order valence-electron chi connectivity index (χ2n) is 7.07. The Morgan fingerprint density at radius 3 is 2.52 bits per heavy atom. The molecule has 1 aromatic heterocycles. The monoisotopic (exact) mass is 403 g/mol. The van der Waals surface area contributed by atoms with Gasteiger partial charge in [0.05, 0.1) is 11.3 Å². The fourth-order valence-corrected chi connectivity index (χ4v) is 3.28. The summed E-state index contributed by atoms with van der Waals surface area (Å²) in [4.78, 5) is 2.11. The van der Waals surface area contributed by atoms with E-state index >= 15 is 0 Å². The van der Waals surface area contributed by atoms with E-state index in [9.17, 15) is 13.2 Å². The molecule has 29 heavy (non-hydrogen) atoms. The van der Waals surface area contributed by atoms with Crippen LogP contribution in [-0.2, 0) is 12.7 Å².